The number of hydrogen-bond donors (Lipinski definition) is 1. The summed E-state index contributed by atoms with van der Waals surface area (Å²) in [5.74, 6) is 0.932. The Morgan fingerprint density at radius 3 is 2.62 bits per heavy atom. The van der Waals surface area contributed by atoms with Gasteiger partial charge in [-0.15, -0.1) is 0 Å². The highest BCUT2D eigenvalue weighted by molar-refractivity contribution is 6.35. The van der Waals surface area contributed by atoms with E-state index in [2.05, 4.69) is 61.6 Å². The van der Waals surface area contributed by atoms with E-state index in [1.165, 1.54) is 10.8 Å². The quantitative estimate of drug-likeness (QED) is 0.287. The Balaban J connectivity index is 1.41. The number of ether oxygens (including phenoxy) is 1. The van der Waals surface area contributed by atoms with Crippen molar-refractivity contribution in [2.24, 2.45) is 5.41 Å². The molecule has 0 aromatic heterocycles. The second kappa shape index (κ2) is 9.24. The van der Waals surface area contributed by atoms with Crippen molar-refractivity contribution in [2.75, 3.05) is 5.32 Å². The number of allylic oxidation sites excluding steroid dienone is 1. The van der Waals surface area contributed by atoms with Crippen LogP contribution in [0.25, 0.3) is 16.3 Å². The Morgan fingerprint density at radius 1 is 0.946 bits per heavy atom. The molecule has 0 amide bonds. The zero-order valence-electron chi connectivity index (χ0n) is 20.8. The number of ketones is 1. The summed E-state index contributed by atoms with van der Waals surface area (Å²) in [6.07, 6.45) is 1.40. The summed E-state index contributed by atoms with van der Waals surface area (Å²) in [6, 6.07) is 25.8. The van der Waals surface area contributed by atoms with Gasteiger partial charge in [0, 0.05) is 38.9 Å². The van der Waals surface area contributed by atoms with Crippen LogP contribution in [0.2, 0.25) is 10.0 Å². The van der Waals surface area contributed by atoms with Crippen molar-refractivity contribution >= 4 is 51.0 Å². The van der Waals surface area contributed by atoms with Gasteiger partial charge in [0.05, 0.1) is 6.04 Å². The minimum atomic E-state index is -0.241. The van der Waals surface area contributed by atoms with Gasteiger partial charge in [-0.2, -0.15) is 0 Å². The van der Waals surface area contributed by atoms with Crippen LogP contribution in [0.4, 0.5) is 5.69 Å². The SMILES string of the molecule is CC1(C)CC(=O)C2=C(C1)c1c(ccc3ccccc13)N[C@@H]2c1cccc(OCc2ccc(Cl)cc2Cl)c1. The average Bonchev–Trinajstić information content (AvgIpc) is 2.87. The fourth-order valence-electron chi connectivity index (χ4n) is 5.67. The van der Waals surface area contributed by atoms with Crippen LogP contribution in [0.15, 0.2) is 84.4 Å². The minimum Gasteiger partial charge on any atom is -0.489 e. The van der Waals surface area contributed by atoms with Gasteiger partial charge in [0.25, 0.3) is 0 Å². The van der Waals surface area contributed by atoms with Gasteiger partial charge in [0.1, 0.15) is 12.4 Å². The largest absolute Gasteiger partial charge is 0.489 e. The number of hydrogen-bond acceptors (Lipinski definition) is 3. The van der Waals surface area contributed by atoms with Gasteiger partial charge in [-0.25, -0.2) is 0 Å². The van der Waals surface area contributed by atoms with Crippen LogP contribution in [-0.4, -0.2) is 5.78 Å². The maximum atomic E-state index is 13.7. The Labute approximate surface area is 227 Å². The van der Waals surface area contributed by atoms with Crippen LogP contribution < -0.4 is 10.1 Å². The molecule has 186 valence electrons. The molecular weight excluding hydrogens is 501 g/mol. The molecule has 1 N–H and O–H groups in total. The standard InChI is InChI=1S/C32H27Cl2NO2/c1-32(2)16-25-29-24-9-4-3-6-19(24)11-13-27(29)35-31(30(25)28(36)17-32)20-7-5-8-23(14-20)37-18-21-10-12-22(33)15-26(21)34/h3-15,31,35H,16-18H2,1-2H3/t31-/m1/s1. The molecule has 1 aliphatic carbocycles. The summed E-state index contributed by atoms with van der Waals surface area (Å²) >= 11 is 12.4. The van der Waals surface area contributed by atoms with Crippen molar-refractivity contribution < 1.29 is 9.53 Å². The van der Waals surface area contributed by atoms with E-state index in [1.54, 1.807) is 12.1 Å². The molecule has 0 spiro atoms. The first kappa shape index (κ1) is 24.1. The van der Waals surface area contributed by atoms with Gasteiger partial charge in [-0.3, -0.25) is 4.79 Å². The molecule has 0 bridgehead atoms. The molecule has 0 radical (unpaired) electrons. The Hall–Kier alpha value is -3.27. The van der Waals surface area contributed by atoms with Crippen molar-refractivity contribution in [1.82, 2.24) is 0 Å². The van der Waals surface area contributed by atoms with E-state index in [-0.39, 0.29) is 17.2 Å². The third-order valence-corrected chi connectivity index (χ3v) is 7.93. The number of anilines is 1. The van der Waals surface area contributed by atoms with Crippen molar-refractivity contribution in [3.05, 3.63) is 111 Å². The molecule has 4 aromatic rings. The van der Waals surface area contributed by atoms with Crippen molar-refractivity contribution in [3.8, 4) is 5.75 Å². The number of rotatable bonds is 4. The summed E-state index contributed by atoms with van der Waals surface area (Å²) in [7, 11) is 0. The first-order chi connectivity index (χ1) is 17.8. The van der Waals surface area contributed by atoms with Crippen LogP contribution in [0.3, 0.4) is 0 Å². The zero-order valence-corrected chi connectivity index (χ0v) is 22.3. The molecule has 1 aliphatic heterocycles. The van der Waals surface area contributed by atoms with Crippen LogP contribution >= 0.6 is 23.2 Å². The first-order valence-electron chi connectivity index (χ1n) is 12.5. The topological polar surface area (TPSA) is 38.3 Å². The van der Waals surface area contributed by atoms with Gasteiger partial charge in [-0.1, -0.05) is 85.6 Å². The second-order valence-corrected chi connectivity index (χ2v) is 11.6. The monoisotopic (exact) mass is 527 g/mol. The van der Waals surface area contributed by atoms with E-state index >= 15 is 0 Å². The lowest BCUT2D eigenvalue weighted by molar-refractivity contribution is -0.118. The van der Waals surface area contributed by atoms with E-state index in [0.29, 0.717) is 23.1 Å². The Kier molecular flexibility index (Phi) is 6.01. The number of carbonyl (C=O) groups excluding carboxylic acids is 1. The predicted octanol–water partition coefficient (Wildman–Crippen LogP) is 9.04. The maximum absolute atomic E-state index is 13.7. The van der Waals surface area contributed by atoms with Gasteiger partial charge < -0.3 is 10.1 Å². The van der Waals surface area contributed by atoms with Crippen LogP contribution in [0.5, 0.6) is 5.75 Å². The highest BCUT2D eigenvalue weighted by Gasteiger charge is 2.40. The van der Waals surface area contributed by atoms with Crippen molar-refractivity contribution in [3.63, 3.8) is 0 Å². The highest BCUT2D eigenvalue weighted by Crippen LogP contribution is 2.52. The third-order valence-electron chi connectivity index (χ3n) is 7.34. The fourth-order valence-corrected chi connectivity index (χ4v) is 6.13. The van der Waals surface area contributed by atoms with Crippen molar-refractivity contribution in [2.45, 2.75) is 39.3 Å². The lowest BCUT2D eigenvalue weighted by atomic mass is 9.68. The molecule has 3 nitrogen and oxygen atoms in total. The summed E-state index contributed by atoms with van der Waals surface area (Å²) in [6.45, 7) is 4.70. The molecule has 6 rings (SSSR count). The molecule has 37 heavy (non-hydrogen) atoms. The molecule has 5 heteroatoms. The highest BCUT2D eigenvalue weighted by atomic mass is 35.5. The van der Waals surface area contributed by atoms with Crippen LogP contribution in [0.1, 0.15) is 49.4 Å². The summed E-state index contributed by atoms with van der Waals surface area (Å²) in [5.41, 5.74) is 6.04. The Morgan fingerprint density at radius 2 is 1.78 bits per heavy atom. The van der Waals surface area contributed by atoms with Crippen LogP contribution in [-0.2, 0) is 11.4 Å². The van der Waals surface area contributed by atoms with E-state index in [0.717, 1.165) is 45.7 Å². The lowest BCUT2D eigenvalue weighted by Crippen LogP contribution is -2.33. The molecule has 0 fully saturated rings. The summed E-state index contributed by atoms with van der Waals surface area (Å²) in [4.78, 5) is 13.7. The normalized spacial score (nSPS) is 18.3. The molecular formula is C32H27Cl2NO2. The number of carbonyl (C=O) groups is 1. The fraction of sp³-hybridized carbons (Fsp3) is 0.219. The van der Waals surface area contributed by atoms with Gasteiger partial charge in [0.2, 0.25) is 0 Å². The first-order valence-corrected chi connectivity index (χ1v) is 13.3. The number of nitrogens with one attached hydrogen (secondary N) is 1. The van der Waals surface area contributed by atoms with E-state index in [1.807, 2.05) is 24.3 Å². The van der Waals surface area contributed by atoms with E-state index in [4.69, 9.17) is 27.9 Å². The molecule has 1 heterocycles. The van der Waals surface area contributed by atoms with Gasteiger partial charge in [-0.05, 0) is 64.1 Å². The Bertz CT molecular complexity index is 1590. The number of Topliss-reactive ketones (excluding diaryl/α,β-unsaturated/α-hetero) is 1. The number of halogens is 2. The molecule has 0 saturated heterocycles. The number of fused-ring (bicyclic) bond motifs is 4. The number of benzene rings is 4. The molecule has 0 unspecified atom stereocenters. The van der Waals surface area contributed by atoms with E-state index in [9.17, 15) is 4.79 Å². The lowest BCUT2D eigenvalue weighted by Gasteiger charge is -2.40. The minimum absolute atomic E-state index is 0.0885. The predicted molar refractivity (Wildman–Crippen MR) is 152 cm³/mol. The van der Waals surface area contributed by atoms with Crippen LogP contribution in [0, 0.1) is 5.41 Å². The molecule has 2 aliphatic rings. The van der Waals surface area contributed by atoms with Crippen molar-refractivity contribution in [1.29, 1.82) is 0 Å². The average molecular weight is 528 g/mol. The second-order valence-electron chi connectivity index (χ2n) is 10.7. The van der Waals surface area contributed by atoms with E-state index < -0.39 is 0 Å². The zero-order chi connectivity index (χ0) is 25.7. The molecule has 4 aromatic carbocycles. The van der Waals surface area contributed by atoms with Gasteiger partial charge >= 0.3 is 0 Å². The maximum Gasteiger partial charge on any atom is 0.162 e. The van der Waals surface area contributed by atoms with Gasteiger partial charge in [0.15, 0.2) is 5.78 Å². The smallest absolute Gasteiger partial charge is 0.162 e. The summed E-state index contributed by atoms with van der Waals surface area (Å²) in [5, 5.41) is 7.24. The molecule has 1 atom stereocenters. The molecule has 0 saturated carbocycles. The summed E-state index contributed by atoms with van der Waals surface area (Å²) < 4.78 is 6.11. The third kappa shape index (κ3) is 4.52.